The average Bonchev–Trinajstić information content (AvgIpc) is 2.52. The lowest BCUT2D eigenvalue weighted by Crippen LogP contribution is -2.53. The van der Waals surface area contributed by atoms with Gasteiger partial charge in [0.1, 0.15) is 24.0 Å². The van der Waals surface area contributed by atoms with Gasteiger partial charge in [0.2, 0.25) is 0 Å². The Kier molecular flexibility index (Phi) is 2.91. The number of oxime groups is 1. The minimum Gasteiger partial charge on any atom is -0.411 e. The third kappa shape index (κ3) is 1.82. The molecule has 2 rings (SSSR count). The number of ether oxygens (including phenoxy) is 4. The molecule has 92 valence electrons. The number of nitrogens with zero attached hydrogens (tertiary/aromatic N) is 1. The van der Waals surface area contributed by atoms with Crippen molar-refractivity contribution in [1.29, 1.82) is 0 Å². The van der Waals surface area contributed by atoms with E-state index in [4.69, 9.17) is 24.2 Å². The van der Waals surface area contributed by atoms with Crippen LogP contribution in [0, 0.1) is 0 Å². The summed E-state index contributed by atoms with van der Waals surface area (Å²) in [5.41, 5.74) is 0.434. The van der Waals surface area contributed by atoms with E-state index in [1.807, 2.05) is 0 Å². The monoisotopic (exact) mass is 231 g/mol. The zero-order chi connectivity index (χ0) is 11.9. The minimum atomic E-state index is -0.727. The molecule has 0 spiro atoms. The highest BCUT2D eigenvalue weighted by molar-refractivity contribution is 5.93. The zero-order valence-electron chi connectivity index (χ0n) is 9.84. The molecule has 0 aliphatic carbocycles. The van der Waals surface area contributed by atoms with Crippen LogP contribution in [-0.2, 0) is 18.9 Å². The van der Waals surface area contributed by atoms with Gasteiger partial charge in [-0.2, -0.15) is 0 Å². The molecule has 4 atom stereocenters. The van der Waals surface area contributed by atoms with Crippen molar-refractivity contribution in [3.05, 3.63) is 0 Å². The Morgan fingerprint density at radius 1 is 1.38 bits per heavy atom. The van der Waals surface area contributed by atoms with E-state index in [1.54, 1.807) is 27.9 Å². The predicted molar refractivity (Wildman–Crippen MR) is 54.4 cm³/mol. The quantitative estimate of drug-likeness (QED) is 0.532. The van der Waals surface area contributed by atoms with E-state index in [1.165, 1.54) is 0 Å². The highest BCUT2D eigenvalue weighted by Crippen LogP contribution is 2.36. The van der Waals surface area contributed by atoms with Gasteiger partial charge in [-0.15, -0.1) is 0 Å². The second kappa shape index (κ2) is 3.96. The van der Waals surface area contributed by atoms with Crippen molar-refractivity contribution in [1.82, 2.24) is 0 Å². The fourth-order valence-corrected chi connectivity index (χ4v) is 2.12. The van der Waals surface area contributed by atoms with Gasteiger partial charge in [0, 0.05) is 7.11 Å². The number of methoxy groups -OCH3 is 1. The van der Waals surface area contributed by atoms with E-state index < -0.39 is 24.3 Å². The molecule has 0 unspecified atom stereocenters. The Labute approximate surface area is 94.1 Å². The van der Waals surface area contributed by atoms with Gasteiger partial charge in [-0.1, -0.05) is 5.16 Å². The van der Waals surface area contributed by atoms with Crippen molar-refractivity contribution >= 4 is 5.71 Å². The summed E-state index contributed by atoms with van der Waals surface area (Å²) < 4.78 is 22.1. The summed E-state index contributed by atoms with van der Waals surface area (Å²) in [6.07, 6.45) is -1.68. The maximum Gasteiger partial charge on any atom is 0.187 e. The summed E-state index contributed by atoms with van der Waals surface area (Å²) in [5.74, 6) is -0.727. The van der Waals surface area contributed by atoms with Crippen molar-refractivity contribution in [3.8, 4) is 0 Å². The van der Waals surface area contributed by atoms with Crippen LogP contribution in [0.15, 0.2) is 5.16 Å². The highest BCUT2D eigenvalue weighted by atomic mass is 16.8. The summed E-state index contributed by atoms with van der Waals surface area (Å²) in [6.45, 7) is 5.39. The lowest BCUT2D eigenvalue weighted by atomic mass is 10.0. The van der Waals surface area contributed by atoms with Crippen molar-refractivity contribution in [3.63, 3.8) is 0 Å². The van der Waals surface area contributed by atoms with Gasteiger partial charge in [-0.25, -0.2) is 0 Å². The first-order chi connectivity index (χ1) is 7.48. The molecular formula is C10H17NO5. The fourth-order valence-electron chi connectivity index (χ4n) is 2.12. The number of fused-ring (bicyclic) bond motifs is 1. The summed E-state index contributed by atoms with van der Waals surface area (Å²) >= 11 is 0. The molecule has 1 N–H and O–H groups in total. The van der Waals surface area contributed by atoms with Crippen molar-refractivity contribution in [2.24, 2.45) is 5.16 Å². The van der Waals surface area contributed by atoms with Crippen LogP contribution in [-0.4, -0.2) is 48.4 Å². The highest BCUT2D eigenvalue weighted by Gasteiger charge is 2.53. The van der Waals surface area contributed by atoms with Gasteiger partial charge in [-0.05, 0) is 20.8 Å². The molecule has 0 bridgehead atoms. The largest absolute Gasteiger partial charge is 0.411 e. The van der Waals surface area contributed by atoms with Crippen LogP contribution in [0.25, 0.3) is 0 Å². The molecule has 6 nitrogen and oxygen atoms in total. The second-order valence-electron chi connectivity index (χ2n) is 4.43. The molecule has 0 amide bonds. The lowest BCUT2D eigenvalue weighted by molar-refractivity contribution is -0.220. The Hall–Kier alpha value is -0.690. The first-order valence-electron chi connectivity index (χ1n) is 5.24. The van der Waals surface area contributed by atoms with E-state index in [-0.39, 0.29) is 6.10 Å². The third-order valence-corrected chi connectivity index (χ3v) is 2.79. The minimum absolute atomic E-state index is 0.353. The number of rotatable bonds is 1. The van der Waals surface area contributed by atoms with Gasteiger partial charge in [0.15, 0.2) is 12.1 Å². The molecule has 0 saturated carbocycles. The Balaban J connectivity index is 2.27. The van der Waals surface area contributed by atoms with Crippen molar-refractivity contribution < 1.29 is 24.2 Å². The molecule has 2 aliphatic heterocycles. The lowest BCUT2D eigenvalue weighted by Gasteiger charge is -2.34. The molecule has 0 aromatic rings. The SMILES string of the molecule is CO[C@H]1O[C@H](C)/C(=N/O)[C@@H]2OC(C)(C)O[C@@H]12. The van der Waals surface area contributed by atoms with Gasteiger partial charge >= 0.3 is 0 Å². The van der Waals surface area contributed by atoms with Gasteiger partial charge < -0.3 is 24.2 Å². The molecule has 0 aromatic heterocycles. The average molecular weight is 231 g/mol. The maximum atomic E-state index is 8.97. The first kappa shape index (κ1) is 11.8. The van der Waals surface area contributed by atoms with Crippen LogP contribution in [0.5, 0.6) is 0 Å². The van der Waals surface area contributed by atoms with Crippen molar-refractivity contribution in [2.45, 2.75) is 51.2 Å². The standard InChI is InChI=1S/C10H17NO5/c1-5-6(11-12)7-8(9(13-4)14-5)16-10(2,3)15-7/h5,7-9,12H,1-4H3/b11-6-/t5-,7+,8-,9+/m1/s1. The normalized spacial score (nSPS) is 44.6. The molecule has 16 heavy (non-hydrogen) atoms. The van der Waals surface area contributed by atoms with Crippen LogP contribution in [0.4, 0.5) is 0 Å². The fraction of sp³-hybridized carbons (Fsp3) is 0.900. The molecule has 2 saturated heterocycles. The first-order valence-corrected chi connectivity index (χ1v) is 5.24. The Morgan fingerprint density at radius 2 is 2.06 bits per heavy atom. The van der Waals surface area contributed by atoms with Crippen LogP contribution < -0.4 is 0 Å². The molecule has 0 radical (unpaired) electrons. The molecule has 2 heterocycles. The molecular weight excluding hydrogens is 214 g/mol. The number of hydrogen-bond acceptors (Lipinski definition) is 6. The van der Waals surface area contributed by atoms with Gasteiger partial charge in [0.25, 0.3) is 0 Å². The van der Waals surface area contributed by atoms with Crippen LogP contribution in [0.3, 0.4) is 0 Å². The summed E-state index contributed by atoms with van der Waals surface area (Å²) in [6, 6.07) is 0. The molecule has 0 aromatic carbocycles. The van der Waals surface area contributed by atoms with Gasteiger partial charge in [0.05, 0.1) is 0 Å². The summed E-state index contributed by atoms with van der Waals surface area (Å²) in [7, 11) is 1.55. The summed E-state index contributed by atoms with van der Waals surface area (Å²) in [5, 5.41) is 12.2. The van der Waals surface area contributed by atoms with E-state index in [2.05, 4.69) is 5.16 Å². The maximum absolute atomic E-state index is 8.97. The number of hydrogen-bond donors (Lipinski definition) is 1. The topological polar surface area (TPSA) is 69.5 Å². The van der Waals surface area contributed by atoms with E-state index in [0.717, 1.165) is 0 Å². The Bertz CT molecular complexity index is 304. The third-order valence-electron chi connectivity index (χ3n) is 2.79. The molecule has 6 heteroatoms. The van der Waals surface area contributed by atoms with Crippen LogP contribution in [0.1, 0.15) is 20.8 Å². The van der Waals surface area contributed by atoms with Crippen molar-refractivity contribution in [2.75, 3.05) is 7.11 Å². The zero-order valence-corrected chi connectivity index (χ0v) is 9.84. The summed E-state index contributed by atoms with van der Waals surface area (Å²) in [4.78, 5) is 0. The van der Waals surface area contributed by atoms with Crippen LogP contribution in [0.2, 0.25) is 0 Å². The molecule has 2 aliphatic rings. The molecule has 2 fully saturated rings. The van der Waals surface area contributed by atoms with E-state index in [9.17, 15) is 0 Å². The second-order valence-corrected chi connectivity index (χ2v) is 4.43. The van der Waals surface area contributed by atoms with Crippen LogP contribution >= 0.6 is 0 Å². The smallest absolute Gasteiger partial charge is 0.187 e. The van der Waals surface area contributed by atoms with E-state index >= 15 is 0 Å². The van der Waals surface area contributed by atoms with E-state index in [0.29, 0.717) is 5.71 Å². The predicted octanol–water partition coefficient (Wildman–Crippen LogP) is 0.728. The Morgan fingerprint density at radius 3 is 2.62 bits per heavy atom. The van der Waals surface area contributed by atoms with Gasteiger partial charge in [-0.3, -0.25) is 0 Å².